The second-order valence-corrected chi connectivity index (χ2v) is 7.01. The monoisotopic (exact) mass is 284 g/mol. The first-order valence-corrected chi connectivity index (χ1v) is 7.99. The molecule has 0 amide bonds. The number of aromatic nitrogens is 1. The average Bonchev–Trinajstić information content (AvgIpc) is 2.75. The van der Waals surface area contributed by atoms with E-state index in [0.717, 1.165) is 30.8 Å². The Labute approximate surface area is 121 Å². The van der Waals surface area contributed by atoms with Crippen molar-refractivity contribution in [3.8, 4) is 0 Å². The van der Waals surface area contributed by atoms with Gasteiger partial charge in [0.05, 0.1) is 5.69 Å². The number of methoxy groups -OCH3 is 1. The molecular formula is C15H28N2OS. The summed E-state index contributed by atoms with van der Waals surface area (Å²) in [7, 11) is 1.78. The van der Waals surface area contributed by atoms with Gasteiger partial charge in [0.2, 0.25) is 0 Å². The molecule has 0 saturated carbocycles. The normalized spacial score (nSPS) is 13.8. The molecule has 19 heavy (non-hydrogen) atoms. The lowest BCUT2D eigenvalue weighted by atomic mass is 10.1. The van der Waals surface area contributed by atoms with E-state index < -0.39 is 0 Å². The van der Waals surface area contributed by atoms with Gasteiger partial charge in [0.1, 0.15) is 11.1 Å². The molecule has 1 aromatic rings. The standard InChI is InChI=1S/C15H28N2OS/c1-7-9-12(18-6)14-17-11(8-2)13(19-14)10-16-15(3,4)5/h12,16H,7-10H2,1-6H3. The summed E-state index contributed by atoms with van der Waals surface area (Å²) >= 11 is 1.80. The molecular weight excluding hydrogens is 256 g/mol. The number of nitrogens with zero attached hydrogens (tertiary/aromatic N) is 1. The van der Waals surface area contributed by atoms with Crippen LogP contribution in [0.1, 0.15) is 69.1 Å². The third-order valence-corrected chi connectivity index (χ3v) is 4.21. The van der Waals surface area contributed by atoms with E-state index in [2.05, 4.69) is 39.9 Å². The smallest absolute Gasteiger partial charge is 0.122 e. The predicted octanol–water partition coefficient (Wildman–Crippen LogP) is 4.08. The summed E-state index contributed by atoms with van der Waals surface area (Å²) in [6, 6.07) is 0. The van der Waals surface area contributed by atoms with Crippen LogP contribution in [0.5, 0.6) is 0 Å². The molecule has 0 aliphatic rings. The van der Waals surface area contributed by atoms with Crippen molar-refractivity contribution in [3.05, 3.63) is 15.6 Å². The van der Waals surface area contributed by atoms with Crippen LogP contribution in [0.15, 0.2) is 0 Å². The minimum atomic E-state index is 0.138. The number of nitrogens with one attached hydrogen (secondary N) is 1. The zero-order valence-electron chi connectivity index (χ0n) is 13.2. The SMILES string of the molecule is CCCC(OC)c1nc(CC)c(CNC(C)(C)C)s1. The average molecular weight is 284 g/mol. The number of hydrogen-bond acceptors (Lipinski definition) is 4. The van der Waals surface area contributed by atoms with Crippen LogP contribution in [-0.2, 0) is 17.7 Å². The van der Waals surface area contributed by atoms with Gasteiger partial charge >= 0.3 is 0 Å². The van der Waals surface area contributed by atoms with E-state index in [1.165, 1.54) is 10.6 Å². The number of thiazole rings is 1. The molecule has 110 valence electrons. The van der Waals surface area contributed by atoms with Crippen LogP contribution in [0.25, 0.3) is 0 Å². The topological polar surface area (TPSA) is 34.1 Å². The number of aryl methyl sites for hydroxylation is 1. The van der Waals surface area contributed by atoms with E-state index in [-0.39, 0.29) is 11.6 Å². The van der Waals surface area contributed by atoms with Gasteiger partial charge in [0, 0.05) is 24.1 Å². The minimum absolute atomic E-state index is 0.138. The van der Waals surface area contributed by atoms with Crippen molar-refractivity contribution in [3.63, 3.8) is 0 Å². The second kappa shape index (κ2) is 7.36. The molecule has 4 heteroatoms. The Hall–Kier alpha value is -0.450. The van der Waals surface area contributed by atoms with Gasteiger partial charge in [0.15, 0.2) is 0 Å². The molecule has 0 spiro atoms. The third kappa shape index (κ3) is 5.21. The summed E-state index contributed by atoms with van der Waals surface area (Å²) in [6.45, 7) is 11.8. The molecule has 0 aliphatic carbocycles. The molecule has 0 radical (unpaired) electrons. The van der Waals surface area contributed by atoms with Gasteiger partial charge in [-0.3, -0.25) is 0 Å². The van der Waals surface area contributed by atoms with E-state index in [1.54, 1.807) is 18.4 Å². The van der Waals surface area contributed by atoms with Gasteiger partial charge < -0.3 is 10.1 Å². The molecule has 1 unspecified atom stereocenters. The molecule has 0 aliphatic heterocycles. The zero-order valence-corrected chi connectivity index (χ0v) is 14.0. The van der Waals surface area contributed by atoms with Crippen molar-refractivity contribution in [2.75, 3.05) is 7.11 Å². The van der Waals surface area contributed by atoms with Gasteiger partial charge in [0.25, 0.3) is 0 Å². The molecule has 0 bridgehead atoms. The highest BCUT2D eigenvalue weighted by Gasteiger charge is 2.18. The molecule has 1 aromatic heterocycles. The first-order valence-electron chi connectivity index (χ1n) is 7.17. The van der Waals surface area contributed by atoms with Crippen LogP contribution in [-0.4, -0.2) is 17.6 Å². The lowest BCUT2D eigenvalue weighted by Crippen LogP contribution is -2.35. The summed E-state index contributed by atoms with van der Waals surface area (Å²) in [6.07, 6.45) is 3.30. The Bertz CT molecular complexity index is 382. The number of ether oxygens (including phenoxy) is 1. The van der Waals surface area contributed by atoms with Crippen molar-refractivity contribution in [1.29, 1.82) is 0 Å². The third-order valence-electron chi connectivity index (χ3n) is 3.02. The second-order valence-electron chi connectivity index (χ2n) is 5.89. The molecule has 0 aromatic carbocycles. The first kappa shape index (κ1) is 16.6. The fourth-order valence-electron chi connectivity index (χ4n) is 1.91. The number of rotatable bonds is 7. The van der Waals surface area contributed by atoms with Gasteiger partial charge in [-0.1, -0.05) is 20.3 Å². The van der Waals surface area contributed by atoms with Crippen molar-refractivity contribution in [2.24, 2.45) is 0 Å². The van der Waals surface area contributed by atoms with Gasteiger partial charge in [-0.15, -0.1) is 11.3 Å². The zero-order chi connectivity index (χ0) is 14.5. The summed E-state index contributed by atoms with van der Waals surface area (Å²) < 4.78 is 5.56. The maximum absolute atomic E-state index is 5.56. The van der Waals surface area contributed by atoms with Crippen molar-refractivity contribution in [1.82, 2.24) is 10.3 Å². The van der Waals surface area contributed by atoms with E-state index in [1.807, 2.05) is 0 Å². The van der Waals surface area contributed by atoms with Crippen LogP contribution in [0, 0.1) is 0 Å². The first-order chi connectivity index (χ1) is 8.91. The summed E-state index contributed by atoms with van der Waals surface area (Å²) in [4.78, 5) is 6.13. The van der Waals surface area contributed by atoms with Gasteiger partial charge in [-0.2, -0.15) is 0 Å². The quantitative estimate of drug-likeness (QED) is 0.819. The van der Waals surface area contributed by atoms with E-state index in [4.69, 9.17) is 9.72 Å². The number of hydrogen-bond donors (Lipinski definition) is 1. The highest BCUT2D eigenvalue weighted by atomic mass is 32.1. The Morgan fingerprint density at radius 3 is 2.47 bits per heavy atom. The fourth-order valence-corrected chi connectivity index (χ4v) is 3.11. The van der Waals surface area contributed by atoms with Crippen LogP contribution in [0.3, 0.4) is 0 Å². The molecule has 1 N–H and O–H groups in total. The maximum atomic E-state index is 5.56. The highest BCUT2D eigenvalue weighted by Crippen LogP contribution is 2.29. The van der Waals surface area contributed by atoms with Crippen molar-refractivity contribution >= 4 is 11.3 Å². The Morgan fingerprint density at radius 1 is 1.32 bits per heavy atom. The molecule has 1 atom stereocenters. The van der Waals surface area contributed by atoms with Crippen LogP contribution in [0.4, 0.5) is 0 Å². The lowest BCUT2D eigenvalue weighted by Gasteiger charge is -2.20. The molecule has 1 rings (SSSR count). The van der Waals surface area contributed by atoms with E-state index in [0.29, 0.717) is 0 Å². The van der Waals surface area contributed by atoms with E-state index >= 15 is 0 Å². The van der Waals surface area contributed by atoms with Crippen LogP contribution < -0.4 is 5.32 Å². The molecule has 0 fully saturated rings. The fraction of sp³-hybridized carbons (Fsp3) is 0.800. The van der Waals surface area contributed by atoms with Crippen LogP contribution in [0.2, 0.25) is 0 Å². The largest absolute Gasteiger partial charge is 0.374 e. The predicted molar refractivity (Wildman–Crippen MR) is 82.7 cm³/mol. The van der Waals surface area contributed by atoms with Gasteiger partial charge in [-0.25, -0.2) is 4.98 Å². The minimum Gasteiger partial charge on any atom is -0.374 e. The Morgan fingerprint density at radius 2 is 2.00 bits per heavy atom. The highest BCUT2D eigenvalue weighted by molar-refractivity contribution is 7.11. The van der Waals surface area contributed by atoms with Gasteiger partial charge in [-0.05, 0) is 33.6 Å². The summed E-state index contributed by atoms with van der Waals surface area (Å²) in [5.74, 6) is 0. The molecule has 0 saturated heterocycles. The van der Waals surface area contributed by atoms with E-state index in [9.17, 15) is 0 Å². The van der Waals surface area contributed by atoms with Crippen LogP contribution >= 0.6 is 11.3 Å². The summed E-state index contributed by atoms with van der Waals surface area (Å²) in [5.41, 5.74) is 1.36. The van der Waals surface area contributed by atoms with Crippen molar-refractivity contribution < 1.29 is 4.74 Å². The molecule has 1 heterocycles. The van der Waals surface area contributed by atoms with Crippen molar-refractivity contribution in [2.45, 2.75) is 72.1 Å². The Kier molecular flexibility index (Phi) is 6.43. The lowest BCUT2D eigenvalue weighted by molar-refractivity contribution is 0.0946. The Balaban J connectivity index is 2.84. The maximum Gasteiger partial charge on any atom is 0.122 e. The summed E-state index contributed by atoms with van der Waals surface area (Å²) in [5, 5.41) is 4.68. The molecule has 3 nitrogen and oxygen atoms in total.